The van der Waals surface area contributed by atoms with E-state index in [0.717, 1.165) is 17.0 Å². The third kappa shape index (κ3) is 4.70. The van der Waals surface area contributed by atoms with E-state index in [2.05, 4.69) is 16.1 Å². The van der Waals surface area contributed by atoms with E-state index >= 15 is 0 Å². The van der Waals surface area contributed by atoms with Gasteiger partial charge in [-0.2, -0.15) is 5.01 Å². The number of hydrogen-bond acceptors (Lipinski definition) is 6. The van der Waals surface area contributed by atoms with E-state index in [0.29, 0.717) is 30.3 Å². The van der Waals surface area contributed by atoms with Crippen LogP contribution in [0.1, 0.15) is 44.4 Å². The van der Waals surface area contributed by atoms with Gasteiger partial charge in [-0.05, 0) is 36.1 Å². The fourth-order valence-corrected chi connectivity index (χ4v) is 4.19. The Hall–Kier alpha value is -3.59. The molecule has 9 heteroatoms. The first-order chi connectivity index (χ1) is 16.3. The molecule has 2 aromatic rings. The smallest absolute Gasteiger partial charge is 0.344 e. The number of rotatable bonds is 7. The van der Waals surface area contributed by atoms with Gasteiger partial charge in [0.05, 0.1) is 19.8 Å². The average molecular weight is 467 g/mol. The van der Waals surface area contributed by atoms with Crippen molar-refractivity contribution in [3.8, 4) is 11.5 Å². The number of urea groups is 1. The summed E-state index contributed by atoms with van der Waals surface area (Å²) in [6.07, 6.45) is 0.822. The van der Waals surface area contributed by atoms with Gasteiger partial charge < -0.3 is 20.1 Å². The summed E-state index contributed by atoms with van der Waals surface area (Å²) in [6.45, 7) is 6.82. The van der Waals surface area contributed by atoms with Gasteiger partial charge in [-0.15, -0.1) is 0 Å². The van der Waals surface area contributed by atoms with Crippen molar-refractivity contribution < 1.29 is 23.9 Å². The van der Waals surface area contributed by atoms with Crippen molar-refractivity contribution in [3.63, 3.8) is 0 Å². The van der Waals surface area contributed by atoms with E-state index in [4.69, 9.17) is 9.47 Å². The Morgan fingerprint density at radius 1 is 1.09 bits per heavy atom. The van der Waals surface area contributed by atoms with Gasteiger partial charge in [0.15, 0.2) is 11.5 Å². The quantitative estimate of drug-likeness (QED) is 0.542. The normalized spacial score (nSPS) is 20.6. The molecule has 0 spiro atoms. The molecular formula is C25H30N4O5. The Morgan fingerprint density at radius 2 is 1.79 bits per heavy atom. The highest BCUT2D eigenvalue weighted by molar-refractivity contribution is 6.08. The Balaban J connectivity index is 1.41. The molecule has 2 heterocycles. The van der Waals surface area contributed by atoms with Crippen LogP contribution in [0.2, 0.25) is 0 Å². The molecule has 0 bridgehead atoms. The molecule has 2 atom stereocenters. The van der Waals surface area contributed by atoms with Crippen molar-refractivity contribution in [1.29, 1.82) is 0 Å². The summed E-state index contributed by atoms with van der Waals surface area (Å²) in [5.41, 5.74) is 2.78. The zero-order valence-corrected chi connectivity index (χ0v) is 19.6. The largest absolute Gasteiger partial charge is 0.490 e. The Labute approximate surface area is 198 Å². The molecule has 1 saturated heterocycles. The lowest BCUT2D eigenvalue weighted by molar-refractivity contribution is -0.138. The van der Waals surface area contributed by atoms with Crippen LogP contribution in [-0.2, 0) is 15.1 Å². The Kier molecular flexibility index (Phi) is 6.74. The highest BCUT2D eigenvalue weighted by Crippen LogP contribution is 2.34. The van der Waals surface area contributed by atoms with Crippen molar-refractivity contribution in [3.05, 3.63) is 59.7 Å². The number of fused-ring (bicyclic) bond motifs is 1. The molecule has 4 rings (SSSR count). The number of hydrazine groups is 1. The van der Waals surface area contributed by atoms with E-state index in [1.54, 1.807) is 31.2 Å². The predicted octanol–water partition coefficient (Wildman–Crippen LogP) is 2.63. The molecule has 1 fully saturated rings. The summed E-state index contributed by atoms with van der Waals surface area (Å²) in [5.74, 6) is 0.518. The van der Waals surface area contributed by atoms with Crippen LogP contribution in [0.25, 0.3) is 0 Å². The summed E-state index contributed by atoms with van der Waals surface area (Å²) in [7, 11) is 0. The number of benzene rings is 2. The topological polar surface area (TPSA) is 109 Å². The summed E-state index contributed by atoms with van der Waals surface area (Å²) >= 11 is 0. The maximum absolute atomic E-state index is 13.0. The number of ether oxygens (including phenoxy) is 2. The van der Waals surface area contributed by atoms with Gasteiger partial charge >= 0.3 is 6.03 Å². The number of nitrogens with zero attached hydrogens (tertiary/aromatic N) is 1. The minimum Gasteiger partial charge on any atom is -0.490 e. The van der Waals surface area contributed by atoms with Crippen LogP contribution in [0.5, 0.6) is 11.5 Å². The third-order valence-corrected chi connectivity index (χ3v) is 6.06. The third-order valence-electron chi connectivity index (χ3n) is 6.06. The van der Waals surface area contributed by atoms with Gasteiger partial charge in [0.25, 0.3) is 11.8 Å². The number of carbonyl (C=O) groups excluding carboxylic acids is 3. The maximum Gasteiger partial charge on any atom is 0.344 e. The van der Waals surface area contributed by atoms with Crippen molar-refractivity contribution >= 4 is 17.8 Å². The van der Waals surface area contributed by atoms with Crippen LogP contribution in [0, 0.1) is 5.92 Å². The summed E-state index contributed by atoms with van der Waals surface area (Å²) in [5, 5.41) is 6.65. The predicted molar refractivity (Wildman–Crippen MR) is 125 cm³/mol. The minimum atomic E-state index is -1.25. The number of amides is 4. The van der Waals surface area contributed by atoms with Gasteiger partial charge in [-0.25, -0.2) is 4.79 Å². The second-order valence-electron chi connectivity index (χ2n) is 8.96. The number of imide groups is 1. The SMILES string of the molecule is CC(C)[C@H](NCC(=O)NN1C(=O)N[C@@](C)(c2ccccc2)C1=O)c1ccc2c(c1)OCCCO2. The van der Waals surface area contributed by atoms with E-state index in [-0.39, 0.29) is 18.5 Å². The van der Waals surface area contributed by atoms with Gasteiger partial charge in [0, 0.05) is 12.5 Å². The van der Waals surface area contributed by atoms with Gasteiger partial charge in [-0.1, -0.05) is 50.2 Å². The first kappa shape index (κ1) is 23.6. The molecule has 180 valence electrons. The Morgan fingerprint density at radius 3 is 2.50 bits per heavy atom. The van der Waals surface area contributed by atoms with E-state index in [9.17, 15) is 14.4 Å². The van der Waals surface area contributed by atoms with Crippen LogP contribution in [0.4, 0.5) is 4.79 Å². The van der Waals surface area contributed by atoms with E-state index in [1.165, 1.54) is 0 Å². The molecule has 0 radical (unpaired) electrons. The molecule has 3 N–H and O–H groups in total. The molecule has 0 saturated carbocycles. The highest BCUT2D eigenvalue weighted by Gasteiger charge is 2.49. The van der Waals surface area contributed by atoms with Crippen molar-refractivity contribution in [2.24, 2.45) is 5.92 Å². The van der Waals surface area contributed by atoms with Crippen LogP contribution >= 0.6 is 0 Å². The first-order valence-electron chi connectivity index (χ1n) is 11.4. The van der Waals surface area contributed by atoms with Gasteiger partial charge in [0.1, 0.15) is 5.54 Å². The maximum atomic E-state index is 13.0. The molecule has 2 aliphatic heterocycles. The average Bonchev–Trinajstić information content (AvgIpc) is 2.98. The fourth-order valence-electron chi connectivity index (χ4n) is 4.19. The summed E-state index contributed by atoms with van der Waals surface area (Å²) < 4.78 is 11.5. The second kappa shape index (κ2) is 9.72. The molecule has 0 unspecified atom stereocenters. The molecule has 0 aliphatic carbocycles. The lowest BCUT2D eigenvalue weighted by Crippen LogP contribution is -2.50. The highest BCUT2D eigenvalue weighted by atomic mass is 16.5. The molecule has 34 heavy (non-hydrogen) atoms. The van der Waals surface area contributed by atoms with Crippen molar-refractivity contribution in [1.82, 2.24) is 21.1 Å². The lowest BCUT2D eigenvalue weighted by atomic mass is 9.92. The standard InChI is InChI=1S/C25H30N4O5/c1-16(2)22(17-10-11-19-20(14-17)34-13-7-12-33-19)26-15-21(30)28-29-23(31)25(3,27-24(29)32)18-8-5-4-6-9-18/h4-6,8-11,14,16,22,26H,7,12-13,15H2,1-3H3,(H,27,32)(H,28,30)/t22-,25-/m0/s1. The molecule has 2 aliphatic rings. The monoisotopic (exact) mass is 466 g/mol. The van der Waals surface area contributed by atoms with Crippen LogP contribution in [0.3, 0.4) is 0 Å². The zero-order chi connectivity index (χ0) is 24.3. The summed E-state index contributed by atoms with van der Waals surface area (Å²) in [4.78, 5) is 38.1. The lowest BCUT2D eigenvalue weighted by Gasteiger charge is -2.24. The van der Waals surface area contributed by atoms with Gasteiger partial charge in [-0.3, -0.25) is 15.0 Å². The molecule has 4 amide bonds. The van der Waals surface area contributed by atoms with E-state index in [1.807, 2.05) is 38.1 Å². The minimum absolute atomic E-state index is 0.0869. The number of hydrogen-bond donors (Lipinski definition) is 3. The molecule has 2 aromatic carbocycles. The zero-order valence-electron chi connectivity index (χ0n) is 19.6. The number of carbonyl (C=O) groups is 3. The molecular weight excluding hydrogens is 436 g/mol. The molecule has 0 aromatic heterocycles. The molecule has 9 nitrogen and oxygen atoms in total. The fraction of sp³-hybridized carbons (Fsp3) is 0.400. The van der Waals surface area contributed by atoms with Gasteiger partial charge in [0.2, 0.25) is 0 Å². The van der Waals surface area contributed by atoms with Crippen molar-refractivity contribution in [2.45, 2.75) is 38.8 Å². The first-order valence-corrected chi connectivity index (χ1v) is 11.4. The Bertz CT molecular complexity index is 1070. The van der Waals surface area contributed by atoms with Crippen molar-refractivity contribution in [2.75, 3.05) is 19.8 Å². The van der Waals surface area contributed by atoms with Crippen LogP contribution in [-0.4, -0.2) is 42.6 Å². The summed E-state index contributed by atoms with van der Waals surface area (Å²) in [6, 6.07) is 13.9. The van der Waals surface area contributed by atoms with Crippen LogP contribution < -0.4 is 25.5 Å². The van der Waals surface area contributed by atoms with Crippen LogP contribution in [0.15, 0.2) is 48.5 Å². The number of nitrogens with one attached hydrogen (secondary N) is 3. The second-order valence-corrected chi connectivity index (χ2v) is 8.96. The van der Waals surface area contributed by atoms with E-state index < -0.39 is 23.4 Å².